The SMILES string of the molecule is CC(C)CC(CNC1CC1)Cc1cscn1. The molecule has 90 valence electrons. The zero-order chi connectivity index (χ0) is 11.4. The Bertz CT molecular complexity index is 291. The van der Waals surface area contributed by atoms with E-state index < -0.39 is 0 Å². The van der Waals surface area contributed by atoms with Gasteiger partial charge < -0.3 is 5.32 Å². The van der Waals surface area contributed by atoms with Gasteiger partial charge in [0.15, 0.2) is 0 Å². The number of hydrogen-bond acceptors (Lipinski definition) is 3. The van der Waals surface area contributed by atoms with Gasteiger partial charge in [0.25, 0.3) is 0 Å². The maximum Gasteiger partial charge on any atom is 0.0794 e. The minimum Gasteiger partial charge on any atom is -0.314 e. The number of aromatic nitrogens is 1. The van der Waals surface area contributed by atoms with Gasteiger partial charge in [-0.1, -0.05) is 13.8 Å². The third-order valence-corrected chi connectivity index (χ3v) is 3.69. The fourth-order valence-corrected chi connectivity index (χ4v) is 2.73. The molecule has 1 heterocycles. The summed E-state index contributed by atoms with van der Waals surface area (Å²) in [5.74, 6) is 1.53. The summed E-state index contributed by atoms with van der Waals surface area (Å²) in [5.41, 5.74) is 3.21. The number of nitrogens with zero attached hydrogens (tertiary/aromatic N) is 1. The van der Waals surface area contributed by atoms with E-state index in [1.54, 1.807) is 11.3 Å². The molecule has 1 fully saturated rings. The number of hydrogen-bond donors (Lipinski definition) is 1. The van der Waals surface area contributed by atoms with Gasteiger partial charge in [0.2, 0.25) is 0 Å². The third-order valence-electron chi connectivity index (χ3n) is 3.06. The maximum atomic E-state index is 4.40. The Balaban J connectivity index is 1.80. The Morgan fingerprint density at radius 3 is 2.88 bits per heavy atom. The molecule has 1 aliphatic carbocycles. The van der Waals surface area contributed by atoms with Gasteiger partial charge >= 0.3 is 0 Å². The topological polar surface area (TPSA) is 24.9 Å². The van der Waals surface area contributed by atoms with Crippen LogP contribution in [0.5, 0.6) is 0 Å². The van der Waals surface area contributed by atoms with Crippen LogP contribution in [0.3, 0.4) is 0 Å². The zero-order valence-electron chi connectivity index (χ0n) is 10.3. The molecule has 2 nitrogen and oxygen atoms in total. The molecule has 0 aliphatic heterocycles. The molecule has 1 unspecified atom stereocenters. The van der Waals surface area contributed by atoms with Crippen molar-refractivity contribution in [3.05, 3.63) is 16.6 Å². The van der Waals surface area contributed by atoms with Crippen LogP contribution in [0.1, 0.15) is 38.8 Å². The van der Waals surface area contributed by atoms with Crippen molar-refractivity contribution in [2.45, 2.75) is 45.6 Å². The van der Waals surface area contributed by atoms with Crippen molar-refractivity contribution in [2.75, 3.05) is 6.54 Å². The van der Waals surface area contributed by atoms with Crippen LogP contribution < -0.4 is 5.32 Å². The highest BCUT2D eigenvalue weighted by molar-refractivity contribution is 7.07. The van der Waals surface area contributed by atoms with Gasteiger partial charge in [-0.15, -0.1) is 11.3 Å². The quantitative estimate of drug-likeness (QED) is 0.789. The summed E-state index contributed by atoms with van der Waals surface area (Å²) in [7, 11) is 0. The van der Waals surface area contributed by atoms with Crippen LogP contribution in [0.25, 0.3) is 0 Å². The van der Waals surface area contributed by atoms with E-state index in [1.807, 2.05) is 5.51 Å². The van der Waals surface area contributed by atoms with Crippen molar-refractivity contribution < 1.29 is 0 Å². The lowest BCUT2D eigenvalue weighted by Gasteiger charge is -2.18. The van der Waals surface area contributed by atoms with Gasteiger partial charge in [-0.2, -0.15) is 0 Å². The molecule has 1 aromatic heterocycles. The highest BCUT2D eigenvalue weighted by atomic mass is 32.1. The molecule has 1 aromatic rings. The minimum atomic E-state index is 0.752. The van der Waals surface area contributed by atoms with E-state index in [0.29, 0.717) is 0 Å². The molecule has 1 aliphatic rings. The first-order chi connectivity index (χ1) is 7.74. The van der Waals surface area contributed by atoms with Crippen molar-refractivity contribution in [1.29, 1.82) is 0 Å². The third kappa shape index (κ3) is 4.22. The monoisotopic (exact) mass is 238 g/mol. The lowest BCUT2D eigenvalue weighted by molar-refractivity contribution is 0.382. The van der Waals surface area contributed by atoms with Crippen molar-refractivity contribution >= 4 is 11.3 Å². The Kier molecular flexibility index (Phi) is 4.36. The molecule has 0 saturated heterocycles. The second kappa shape index (κ2) is 5.78. The summed E-state index contributed by atoms with van der Waals surface area (Å²) in [6.45, 7) is 5.79. The Morgan fingerprint density at radius 2 is 2.31 bits per heavy atom. The largest absolute Gasteiger partial charge is 0.314 e. The molecule has 0 spiro atoms. The van der Waals surface area contributed by atoms with Crippen LogP contribution in [-0.2, 0) is 6.42 Å². The van der Waals surface area contributed by atoms with E-state index in [0.717, 1.165) is 24.3 Å². The minimum absolute atomic E-state index is 0.752. The van der Waals surface area contributed by atoms with Crippen LogP contribution >= 0.6 is 11.3 Å². The lowest BCUT2D eigenvalue weighted by atomic mass is 9.93. The summed E-state index contributed by atoms with van der Waals surface area (Å²) in [6, 6.07) is 0.824. The first kappa shape index (κ1) is 12.1. The Labute approximate surface area is 102 Å². The highest BCUT2D eigenvalue weighted by Crippen LogP contribution is 2.21. The Morgan fingerprint density at radius 1 is 1.50 bits per heavy atom. The van der Waals surface area contributed by atoms with Crippen molar-refractivity contribution in [1.82, 2.24) is 10.3 Å². The smallest absolute Gasteiger partial charge is 0.0794 e. The standard InChI is InChI=1S/C13H22N2S/c1-10(2)5-11(7-14-12-3-4-12)6-13-8-16-9-15-13/h8-12,14H,3-7H2,1-2H3. The number of thiazole rings is 1. The summed E-state index contributed by atoms with van der Waals surface area (Å²) in [5, 5.41) is 5.84. The molecule has 0 radical (unpaired) electrons. The molecule has 0 bridgehead atoms. The van der Waals surface area contributed by atoms with E-state index in [9.17, 15) is 0 Å². The molecule has 1 saturated carbocycles. The van der Waals surface area contributed by atoms with Crippen LogP contribution in [0.2, 0.25) is 0 Å². The zero-order valence-corrected chi connectivity index (χ0v) is 11.1. The summed E-state index contributed by atoms with van der Waals surface area (Å²) >= 11 is 1.71. The summed E-state index contributed by atoms with van der Waals surface area (Å²) in [6.07, 6.45) is 5.20. The molecule has 1 N–H and O–H groups in total. The van der Waals surface area contributed by atoms with Gasteiger partial charge in [0.05, 0.1) is 11.2 Å². The predicted molar refractivity (Wildman–Crippen MR) is 69.8 cm³/mol. The van der Waals surface area contributed by atoms with Crippen molar-refractivity contribution in [3.63, 3.8) is 0 Å². The maximum absolute atomic E-state index is 4.40. The first-order valence-corrected chi connectivity index (χ1v) is 7.28. The van der Waals surface area contributed by atoms with E-state index in [4.69, 9.17) is 0 Å². The lowest BCUT2D eigenvalue weighted by Crippen LogP contribution is -2.27. The van der Waals surface area contributed by atoms with E-state index >= 15 is 0 Å². The van der Waals surface area contributed by atoms with E-state index in [1.165, 1.54) is 31.5 Å². The van der Waals surface area contributed by atoms with Crippen molar-refractivity contribution in [3.8, 4) is 0 Å². The molecule has 0 amide bonds. The molecule has 2 rings (SSSR count). The molecule has 16 heavy (non-hydrogen) atoms. The van der Waals surface area contributed by atoms with Gasteiger partial charge in [-0.25, -0.2) is 4.98 Å². The molecule has 1 atom stereocenters. The normalized spacial score (nSPS) is 17.9. The predicted octanol–water partition coefficient (Wildman–Crippen LogP) is 3.10. The van der Waals surface area contributed by atoms with Crippen LogP contribution in [-0.4, -0.2) is 17.6 Å². The van der Waals surface area contributed by atoms with Gasteiger partial charge in [0.1, 0.15) is 0 Å². The van der Waals surface area contributed by atoms with Crippen LogP contribution in [0.4, 0.5) is 0 Å². The first-order valence-electron chi connectivity index (χ1n) is 6.34. The average molecular weight is 238 g/mol. The number of nitrogens with one attached hydrogen (secondary N) is 1. The number of rotatable bonds is 7. The Hall–Kier alpha value is -0.410. The van der Waals surface area contributed by atoms with Crippen LogP contribution in [0, 0.1) is 11.8 Å². The van der Waals surface area contributed by atoms with E-state index in [2.05, 4.69) is 29.5 Å². The average Bonchev–Trinajstić information content (AvgIpc) is 2.92. The summed E-state index contributed by atoms with van der Waals surface area (Å²) < 4.78 is 0. The van der Waals surface area contributed by atoms with Gasteiger partial charge in [0, 0.05) is 11.4 Å². The highest BCUT2D eigenvalue weighted by Gasteiger charge is 2.22. The second-order valence-electron chi connectivity index (χ2n) is 5.36. The van der Waals surface area contributed by atoms with Gasteiger partial charge in [-0.3, -0.25) is 0 Å². The van der Waals surface area contributed by atoms with Gasteiger partial charge in [-0.05, 0) is 44.1 Å². The van der Waals surface area contributed by atoms with Crippen LogP contribution in [0.15, 0.2) is 10.9 Å². The second-order valence-corrected chi connectivity index (χ2v) is 6.08. The molecular weight excluding hydrogens is 216 g/mol. The van der Waals surface area contributed by atoms with Crippen molar-refractivity contribution in [2.24, 2.45) is 11.8 Å². The van der Waals surface area contributed by atoms with E-state index in [-0.39, 0.29) is 0 Å². The molecular formula is C13H22N2S. The molecule has 0 aromatic carbocycles. The molecule has 3 heteroatoms. The fourth-order valence-electron chi connectivity index (χ4n) is 2.16. The summed E-state index contributed by atoms with van der Waals surface area (Å²) in [4.78, 5) is 4.40. The fraction of sp³-hybridized carbons (Fsp3) is 0.769.